The first-order valence-corrected chi connectivity index (χ1v) is 7.24. The molecule has 1 rings (SSSR count). The predicted molar refractivity (Wildman–Crippen MR) is 78.3 cm³/mol. The molecule has 0 unspecified atom stereocenters. The molecule has 0 saturated carbocycles. The molecule has 0 fully saturated rings. The lowest BCUT2D eigenvalue weighted by Gasteiger charge is -2.06. The molecule has 0 aliphatic rings. The van der Waals surface area contributed by atoms with E-state index in [-0.39, 0.29) is 5.91 Å². The molecule has 1 aromatic carbocycles. The highest BCUT2D eigenvalue weighted by Gasteiger charge is 2.02. The minimum Gasteiger partial charge on any atom is -0.326 e. The summed E-state index contributed by atoms with van der Waals surface area (Å²) in [6.45, 7) is 2.19. The Kier molecular flexibility index (Phi) is 7.51. The number of carbonyl (C=O) groups excluding carboxylic acids is 1. The van der Waals surface area contributed by atoms with Gasteiger partial charge < -0.3 is 5.32 Å². The number of aryl methyl sites for hydroxylation is 1. The Morgan fingerprint density at radius 2 is 1.89 bits per heavy atom. The van der Waals surface area contributed by atoms with Gasteiger partial charge in [0.1, 0.15) is 0 Å². The van der Waals surface area contributed by atoms with Gasteiger partial charge in [0.25, 0.3) is 0 Å². The van der Waals surface area contributed by atoms with E-state index in [1.54, 1.807) is 0 Å². The van der Waals surface area contributed by atoms with E-state index in [0.717, 1.165) is 24.9 Å². The molecule has 0 radical (unpaired) electrons. The van der Waals surface area contributed by atoms with Crippen LogP contribution in [0.5, 0.6) is 0 Å². The second-order valence-corrected chi connectivity index (χ2v) is 4.87. The number of alkyl halides is 1. The number of anilines is 1. The van der Waals surface area contributed by atoms with Crippen LogP contribution in [0.15, 0.2) is 24.3 Å². The largest absolute Gasteiger partial charge is 0.326 e. The first-order valence-electron chi connectivity index (χ1n) is 6.71. The van der Waals surface area contributed by atoms with Crippen molar-refractivity contribution in [3.63, 3.8) is 0 Å². The van der Waals surface area contributed by atoms with E-state index in [0.29, 0.717) is 12.3 Å². The van der Waals surface area contributed by atoms with Crippen LogP contribution in [0, 0.1) is 0 Å². The molecule has 1 N–H and O–H groups in total. The molecule has 100 valence electrons. The smallest absolute Gasteiger partial charge is 0.224 e. The highest BCUT2D eigenvalue weighted by molar-refractivity contribution is 6.17. The summed E-state index contributed by atoms with van der Waals surface area (Å²) >= 11 is 5.57. The van der Waals surface area contributed by atoms with Gasteiger partial charge in [0, 0.05) is 18.0 Å². The van der Waals surface area contributed by atoms with E-state index in [1.807, 2.05) is 12.1 Å². The fourth-order valence-corrected chi connectivity index (χ4v) is 1.93. The van der Waals surface area contributed by atoms with Gasteiger partial charge >= 0.3 is 0 Å². The van der Waals surface area contributed by atoms with Crippen LogP contribution in [0.1, 0.15) is 44.6 Å². The number of hydrogen-bond donors (Lipinski definition) is 1. The summed E-state index contributed by atoms with van der Waals surface area (Å²) in [5.74, 6) is 0.695. The van der Waals surface area contributed by atoms with Crippen LogP contribution < -0.4 is 5.32 Å². The molecule has 0 atom stereocenters. The zero-order valence-electron chi connectivity index (χ0n) is 11.0. The summed E-state index contributed by atoms with van der Waals surface area (Å²) in [5.41, 5.74) is 2.21. The average molecular weight is 268 g/mol. The van der Waals surface area contributed by atoms with Gasteiger partial charge in [0.05, 0.1) is 0 Å². The van der Waals surface area contributed by atoms with E-state index >= 15 is 0 Å². The predicted octanol–water partition coefficient (Wildman–Crippen LogP) is 4.38. The van der Waals surface area contributed by atoms with Crippen LogP contribution in [0.2, 0.25) is 0 Å². The number of halogens is 1. The lowest BCUT2D eigenvalue weighted by atomic mass is 10.1. The van der Waals surface area contributed by atoms with Crippen molar-refractivity contribution >= 4 is 23.2 Å². The van der Waals surface area contributed by atoms with Gasteiger partial charge in [-0.25, -0.2) is 0 Å². The fraction of sp³-hybridized carbons (Fsp3) is 0.533. The number of hydrogen-bond acceptors (Lipinski definition) is 1. The summed E-state index contributed by atoms with van der Waals surface area (Å²) < 4.78 is 0. The van der Waals surface area contributed by atoms with Crippen molar-refractivity contribution in [2.24, 2.45) is 0 Å². The van der Waals surface area contributed by atoms with Gasteiger partial charge in [-0.2, -0.15) is 0 Å². The second kappa shape index (κ2) is 8.98. The van der Waals surface area contributed by atoms with Crippen molar-refractivity contribution in [2.45, 2.75) is 45.4 Å². The normalized spacial score (nSPS) is 10.3. The van der Waals surface area contributed by atoms with Crippen molar-refractivity contribution in [1.82, 2.24) is 0 Å². The molecular weight excluding hydrogens is 246 g/mol. The number of benzene rings is 1. The average Bonchev–Trinajstić information content (AvgIpc) is 2.38. The number of amides is 1. The molecule has 18 heavy (non-hydrogen) atoms. The van der Waals surface area contributed by atoms with Crippen LogP contribution in [-0.2, 0) is 11.2 Å². The van der Waals surface area contributed by atoms with E-state index in [4.69, 9.17) is 11.6 Å². The standard InChI is InChI=1S/C15H22ClNO/c1-2-3-6-13-8-10-14(11-9-13)17-15(18)7-4-5-12-16/h8-11H,2-7,12H2,1H3,(H,17,18). The van der Waals surface area contributed by atoms with E-state index in [2.05, 4.69) is 24.4 Å². The summed E-state index contributed by atoms with van der Waals surface area (Å²) in [6.07, 6.45) is 5.82. The van der Waals surface area contributed by atoms with Crippen molar-refractivity contribution in [1.29, 1.82) is 0 Å². The van der Waals surface area contributed by atoms with Gasteiger partial charge in [0.2, 0.25) is 5.91 Å². The number of rotatable bonds is 8. The van der Waals surface area contributed by atoms with E-state index in [1.165, 1.54) is 18.4 Å². The van der Waals surface area contributed by atoms with Gasteiger partial charge in [0.15, 0.2) is 0 Å². The maximum Gasteiger partial charge on any atom is 0.224 e. The number of nitrogens with one attached hydrogen (secondary N) is 1. The van der Waals surface area contributed by atoms with Crippen molar-refractivity contribution in [3.05, 3.63) is 29.8 Å². The summed E-state index contributed by atoms with van der Waals surface area (Å²) in [6, 6.07) is 8.13. The fourth-order valence-electron chi connectivity index (χ4n) is 1.74. The van der Waals surface area contributed by atoms with Gasteiger partial charge in [-0.05, 0) is 43.4 Å². The quantitative estimate of drug-likeness (QED) is 0.550. The molecule has 2 nitrogen and oxygen atoms in total. The molecule has 0 spiro atoms. The molecule has 0 heterocycles. The molecule has 1 amide bonds. The Balaban J connectivity index is 2.35. The lowest BCUT2D eigenvalue weighted by molar-refractivity contribution is -0.116. The van der Waals surface area contributed by atoms with Crippen molar-refractivity contribution in [2.75, 3.05) is 11.2 Å². The maximum atomic E-state index is 11.6. The van der Waals surface area contributed by atoms with Crippen LogP contribution in [0.4, 0.5) is 5.69 Å². The SMILES string of the molecule is CCCCc1ccc(NC(=O)CCCCCl)cc1. The molecule has 0 saturated heterocycles. The van der Waals surface area contributed by atoms with Crippen molar-refractivity contribution < 1.29 is 4.79 Å². The number of carbonyl (C=O) groups is 1. The van der Waals surface area contributed by atoms with Crippen LogP contribution in [0.3, 0.4) is 0 Å². The molecule has 0 aliphatic heterocycles. The zero-order valence-corrected chi connectivity index (χ0v) is 11.8. The summed E-state index contributed by atoms with van der Waals surface area (Å²) in [5, 5.41) is 2.90. The van der Waals surface area contributed by atoms with Gasteiger partial charge in [-0.15, -0.1) is 11.6 Å². The summed E-state index contributed by atoms with van der Waals surface area (Å²) in [4.78, 5) is 11.6. The monoisotopic (exact) mass is 267 g/mol. The highest BCUT2D eigenvalue weighted by Crippen LogP contribution is 2.12. The Bertz CT molecular complexity index is 348. The Hall–Kier alpha value is -1.02. The van der Waals surface area contributed by atoms with Gasteiger partial charge in [-0.3, -0.25) is 4.79 Å². The van der Waals surface area contributed by atoms with E-state index < -0.39 is 0 Å². The third kappa shape index (κ3) is 6.06. The molecule has 1 aromatic rings. The first kappa shape index (κ1) is 15.0. The number of unbranched alkanes of at least 4 members (excludes halogenated alkanes) is 2. The Labute approximate surface area is 115 Å². The van der Waals surface area contributed by atoms with Crippen LogP contribution >= 0.6 is 11.6 Å². The maximum absolute atomic E-state index is 11.6. The van der Waals surface area contributed by atoms with Gasteiger partial charge in [-0.1, -0.05) is 25.5 Å². The molecule has 0 aromatic heterocycles. The Morgan fingerprint density at radius 1 is 1.17 bits per heavy atom. The third-order valence-corrected chi connectivity index (χ3v) is 3.11. The molecule has 3 heteroatoms. The first-order chi connectivity index (χ1) is 8.76. The molecular formula is C15H22ClNO. The minimum atomic E-state index is 0.0708. The topological polar surface area (TPSA) is 29.1 Å². The minimum absolute atomic E-state index is 0.0708. The van der Waals surface area contributed by atoms with Crippen LogP contribution in [-0.4, -0.2) is 11.8 Å². The Morgan fingerprint density at radius 3 is 2.50 bits per heavy atom. The third-order valence-electron chi connectivity index (χ3n) is 2.84. The zero-order chi connectivity index (χ0) is 13.2. The van der Waals surface area contributed by atoms with Crippen LogP contribution in [0.25, 0.3) is 0 Å². The highest BCUT2D eigenvalue weighted by atomic mass is 35.5. The molecule has 0 aliphatic carbocycles. The van der Waals surface area contributed by atoms with E-state index in [9.17, 15) is 4.79 Å². The summed E-state index contributed by atoms with van der Waals surface area (Å²) in [7, 11) is 0. The van der Waals surface area contributed by atoms with Crippen molar-refractivity contribution in [3.8, 4) is 0 Å². The second-order valence-electron chi connectivity index (χ2n) is 4.49. The lowest BCUT2D eigenvalue weighted by Crippen LogP contribution is -2.11. The molecule has 0 bridgehead atoms.